The molecule has 408 valence electrons. The maximum atomic E-state index is 15.2. The van der Waals surface area contributed by atoms with Gasteiger partial charge in [0.15, 0.2) is 6.29 Å². The van der Waals surface area contributed by atoms with Crippen molar-refractivity contribution in [1.82, 2.24) is 16.0 Å². The molecule has 0 aromatic heterocycles. The van der Waals surface area contributed by atoms with Crippen LogP contribution in [0.15, 0.2) is 152 Å². The first-order valence-electron chi connectivity index (χ1n) is 25.4. The van der Waals surface area contributed by atoms with Crippen LogP contribution < -0.4 is 16.0 Å². The van der Waals surface area contributed by atoms with E-state index in [1.807, 2.05) is 152 Å². The van der Waals surface area contributed by atoms with E-state index in [0.717, 1.165) is 27.8 Å². The standard InChI is InChI=1S/C57H70N3O15P/c1-40(62)59-50-49(74-47(32-61)52(68-33-42-20-9-4-10-21-42)54(50)70-35-44-24-13-6-14-25-44)39-76(65,66-3)73-38-48-53(69-34-43-22-11-5-12-23-43)55(71-36-45-26-15-7-16-27-45)51(60-41(2)63)56(75-48)67-31-19-30-58-57(64)72-37-46-28-17-8-18-29-46/h4-18,20-29,47-56,61H,19,30-39H2,1-3H3,(H,58,64)(H,59,62)(H,60,63)/t47-,48-,49-,50-,51+,52-,53-,54-,55-,56-,76?/m1/s1. The Morgan fingerprint density at radius 3 is 1.41 bits per heavy atom. The Bertz CT molecular complexity index is 2540. The van der Waals surface area contributed by atoms with Crippen molar-refractivity contribution in [2.24, 2.45) is 0 Å². The number of alkyl carbamates (subject to hydrolysis) is 1. The van der Waals surface area contributed by atoms with Gasteiger partial charge >= 0.3 is 13.7 Å². The average Bonchev–Trinajstić information content (AvgIpc) is 3.45. The number of hydrogen-bond acceptors (Lipinski definition) is 15. The number of ether oxygens (including phenoxy) is 8. The van der Waals surface area contributed by atoms with Gasteiger partial charge in [-0.1, -0.05) is 152 Å². The maximum Gasteiger partial charge on any atom is 0.407 e. The highest BCUT2D eigenvalue weighted by molar-refractivity contribution is 7.53. The first-order valence-corrected chi connectivity index (χ1v) is 27.2. The number of amides is 3. The minimum Gasteiger partial charge on any atom is -0.445 e. The Hall–Kier alpha value is -5.86. The fourth-order valence-corrected chi connectivity index (χ4v) is 10.5. The molecule has 2 saturated heterocycles. The molecule has 4 N–H and O–H groups in total. The van der Waals surface area contributed by atoms with Gasteiger partial charge in [0, 0.05) is 27.5 Å². The van der Waals surface area contributed by atoms with Crippen molar-refractivity contribution in [3.05, 3.63) is 179 Å². The summed E-state index contributed by atoms with van der Waals surface area (Å²) < 4.78 is 78.7. The third kappa shape index (κ3) is 17.9. The summed E-state index contributed by atoms with van der Waals surface area (Å²) in [6.07, 6.45) is -8.77. The smallest absolute Gasteiger partial charge is 0.407 e. The summed E-state index contributed by atoms with van der Waals surface area (Å²) in [5.74, 6) is -0.807. The molecule has 0 aliphatic carbocycles. The van der Waals surface area contributed by atoms with E-state index >= 15 is 4.57 Å². The summed E-state index contributed by atoms with van der Waals surface area (Å²) in [4.78, 5) is 38.6. The summed E-state index contributed by atoms with van der Waals surface area (Å²) >= 11 is 0. The van der Waals surface area contributed by atoms with E-state index in [0.29, 0.717) is 6.42 Å². The highest BCUT2D eigenvalue weighted by Crippen LogP contribution is 2.50. The molecule has 11 atom stereocenters. The number of aliphatic hydroxyl groups is 1. The second-order valence-electron chi connectivity index (χ2n) is 18.4. The molecule has 0 spiro atoms. The van der Waals surface area contributed by atoms with Crippen molar-refractivity contribution >= 4 is 25.5 Å². The molecule has 2 aliphatic heterocycles. The third-order valence-electron chi connectivity index (χ3n) is 12.7. The molecule has 2 heterocycles. The highest BCUT2D eigenvalue weighted by Gasteiger charge is 2.52. The lowest BCUT2D eigenvalue weighted by atomic mass is 9.92. The SMILES string of the molecule is COP(=O)(C[C@H]1O[C@H](CO)[C@@H](OCc2ccccc2)[C@H](OCc2ccccc2)[C@@H]1NC(C)=O)OC[C@H]1O[C@@H](OCCCNC(=O)OCc2ccccc2)[C@@H](NC(C)=O)[C@@H](OCc2ccccc2)[C@@H]1OCc1ccccc1. The average molecular weight is 1070 g/mol. The number of benzene rings is 5. The molecule has 76 heavy (non-hydrogen) atoms. The van der Waals surface area contributed by atoms with E-state index < -0.39 is 100 Å². The lowest BCUT2D eigenvalue weighted by molar-refractivity contribution is -0.287. The van der Waals surface area contributed by atoms with Crippen molar-refractivity contribution < 1.29 is 71.0 Å². The Morgan fingerprint density at radius 2 is 0.961 bits per heavy atom. The van der Waals surface area contributed by atoms with Crippen LogP contribution in [0.25, 0.3) is 0 Å². The van der Waals surface area contributed by atoms with E-state index in [4.69, 9.17) is 46.9 Å². The largest absolute Gasteiger partial charge is 0.445 e. The second-order valence-corrected chi connectivity index (χ2v) is 20.6. The number of carbonyl (C=O) groups excluding carboxylic acids is 3. The van der Waals surface area contributed by atoms with Crippen LogP contribution in [0, 0.1) is 0 Å². The summed E-state index contributed by atoms with van der Waals surface area (Å²) in [6.45, 7) is 2.65. The Balaban J connectivity index is 1.13. The summed E-state index contributed by atoms with van der Waals surface area (Å²) in [5.41, 5.74) is 4.24. The molecular formula is C57H70N3O15P. The lowest BCUT2D eigenvalue weighted by Crippen LogP contribution is -2.66. The Morgan fingerprint density at radius 1 is 0.539 bits per heavy atom. The molecule has 3 amide bonds. The van der Waals surface area contributed by atoms with Crippen molar-refractivity contribution in [3.63, 3.8) is 0 Å². The van der Waals surface area contributed by atoms with E-state index in [1.54, 1.807) is 0 Å². The normalized spacial score (nSPS) is 24.2. The van der Waals surface area contributed by atoms with Gasteiger partial charge < -0.3 is 68.0 Å². The fraction of sp³-hybridized carbons (Fsp3) is 0.421. The Kier molecular flexibility index (Phi) is 23.0. The molecule has 0 radical (unpaired) electrons. The molecule has 2 fully saturated rings. The molecule has 1 unspecified atom stereocenters. The highest BCUT2D eigenvalue weighted by atomic mass is 31.2. The van der Waals surface area contributed by atoms with Crippen molar-refractivity contribution in [2.45, 2.75) is 114 Å². The lowest BCUT2D eigenvalue weighted by Gasteiger charge is -2.47. The maximum absolute atomic E-state index is 15.2. The Labute approximate surface area is 444 Å². The third-order valence-corrected chi connectivity index (χ3v) is 14.6. The molecule has 7 rings (SSSR count). The molecule has 5 aromatic carbocycles. The zero-order chi connectivity index (χ0) is 53.5. The first kappa shape index (κ1) is 57.8. The monoisotopic (exact) mass is 1070 g/mol. The molecule has 19 heteroatoms. The van der Waals surface area contributed by atoms with E-state index in [9.17, 15) is 19.5 Å². The van der Waals surface area contributed by atoms with Gasteiger partial charge in [-0.3, -0.25) is 14.2 Å². The summed E-state index contributed by atoms with van der Waals surface area (Å²) in [6, 6.07) is 45.3. The van der Waals surface area contributed by atoms with Crippen LogP contribution in [0.1, 0.15) is 48.1 Å². The van der Waals surface area contributed by atoms with Crippen LogP contribution in [0.5, 0.6) is 0 Å². The van der Waals surface area contributed by atoms with E-state index in [2.05, 4.69) is 16.0 Å². The summed E-state index contributed by atoms with van der Waals surface area (Å²) in [7, 11) is -3.00. The topological polar surface area (TPSA) is 217 Å². The molecule has 2 aliphatic rings. The predicted molar refractivity (Wildman–Crippen MR) is 280 cm³/mol. The van der Waals surface area contributed by atoms with Gasteiger partial charge in [0.2, 0.25) is 11.8 Å². The van der Waals surface area contributed by atoms with E-state index in [-0.39, 0.29) is 52.1 Å². The van der Waals surface area contributed by atoms with Crippen molar-refractivity contribution in [1.29, 1.82) is 0 Å². The number of hydrogen-bond donors (Lipinski definition) is 4. The minimum absolute atomic E-state index is 0.0595. The second kappa shape index (κ2) is 30.2. The van der Waals surface area contributed by atoms with Crippen LogP contribution in [0.2, 0.25) is 0 Å². The van der Waals surface area contributed by atoms with Crippen LogP contribution in [-0.4, -0.2) is 124 Å². The van der Waals surface area contributed by atoms with Gasteiger partial charge in [-0.15, -0.1) is 0 Å². The summed E-state index contributed by atoms with van der Waals surface area (Å²) in [5, 5.41) is 19.5. The fourth-order valence-electron chi connectivity index (χ4n) is 8.99. The number of nitrogens with one attached hydrogen (secondary N) is 3. The van der Waals surface area contributed by atoms with Gasteiger partial charge in [0.1, 0.15) is 49.3 Å². The quantitative estimate of drug-likeness (QED) is 0.0293. The van der Waals surface area contributed by atoms with Crippen LogP contribution in [-0.2, 0) is 94.1 Å². The van der Waals surface area contributed by atoms with Crippen LogP contribution in [0.4, 0.5) is 4.79 Å². The number of aliphatic hydroxyl groups excluding tert-OH is 1. The zero-order valence-electron chi connectivity index (χ0n) is 43.1. The van der Waals surface area contributed by atoms with Crippen LogP contribution in [0.3, 0.4) is 0 Å². The molecule has 5 aromatic rings. The molecular weight excluding hydrogens is 998 g/mol. The molecule has 0 saturated carbocycles. The minimum atomic E-state index is -4.24. The number of rotatable bonds is 28. The van der Waals surface area contributed by atoms with Crippen molar-refractivity contribution in [2.75, 3.05) is 39.6 Å². The van der Waals surface area contributed by atoms with Crippen LogP contribution >= 0.6 is 7.60 Å². The predicted octanol–water partition coefficient (Wildman–Crippen LogP) is 7.01. The first-order chi connectivity index (χ1) is 37.0. The van der Waals surface area contributed by atoms with Gasteiger partial charge in [0.25, 0.3) is 0 Å². The van der Waals surface area contributed by atoms with Gasteiger partial charge in [-0.2, -0.15) is 0 Å². The zero-order valence-corrected chi connectivity index (χ0v) is 44.0. The van der Waals surface area contributed by atoms with Gasteiger partial charge in [-0.25, -0.2) is 4.79 Å². The van der Waals surface area contributed by atoms with E-state index in [1.165, 1.54) is 21.0 Å². The van der Waals surface area contributed by atoms with Gasteiger partial charge in [0.05, 0.1) is 64.6 Å². The molecule has 0 bridgehead atoms. The van der Waals surface area contributed by atoms with Crippen molar-refractivity contribution in [3.8, 4) is 0 Å². The number of carbonyl (C=O) groups is 3. The van der Waals surface area contributed by atoms with Gasteiger partial charge in [-0.05, 0) is 34.2 Å². The molecule has 18 nitrogen and oxygen atoms in total.